The van der Waals surface area contributed by atoms with Crippen LogP contribution in [0.2, 0.25) is 0 Å². The molecule has 0 fully saturated rings. The van der Waals surface area contributed by atoms with Crippen molar-refractivity contribution in [2.24, 2.45) is 0 Å². The van der Waals surface area contributed by atoms with Crippen molar-refractivity contribution in [3.63, 3.8) is 0 Å². The normalized spacial score (nSPS) is 10.6. The number of nitro groups is 1. The Bertz CT molecular complexity index is 1250. The highest BCUT2D eigenvalue weighted by Crippen LogP contribution is 2.35. The fourth-order valence-corrected chi connectivity index (χ4v) is 3.22. The van der Waals surface area contributed by atoms with E-state index in [0.717, 1.165) is 11.4 Å². The zero-order chi connectivity index (χ0) is 19.7. The van der Waals surface area contributed by atoms with Gasteiger partial charge in [0.05, 0.1) is 28.8 Å². The molecule has 4 rings (SSSR count). The monoisotopic (exact) mass is 370 g/mol. The Morgan fingerprint density at radius 3 is 2.79 bits per heavy atom. The first-order chi connectivity index (χ1) is 13.6. The minimum Gasteiger partial charge on any atom is -0.497 e. The maximum atomic E-state index is 11.3. The summed E-state index contributed by atoms with van der Waals surface area (Å²) in [6, 6.07) is 17.9. The number of hydrogen-bond donors (Lipinski definition) is 0. The third kappa shape index (κ3) is 2.83. The van der Waals surface area contributed by atoms with E-state index >= 15 is 0 Å². The van der Waals surface area contributed by atoms with Crippen LogP contribution in [-0.4, -0.2) is 21.6 Å². The van der Waals surface area contributed by atoms with Crippen molar-refractivity contribution in [2.45, 2.75) is 0 Å². The number of methoxy groups -OCH3 is 1. The smallest absolute Gasteiger partial charge is 0.270 e. The molecule has 0 aliphatic rings. The van der Waals surface area contributed by atoms with E-state index in [2.05, 4.69) is 11.1 Å². The first-order valence-corrected chi connectivity index (χ1v) is 8.42. The summed E-state index contributed by atoms with van der Waals surface area (Å²) in [7, 11) is 1.60. The molecule has 0 unspecified atom stereocenters. The number of rotatable bonds is 4. The van der Waals surface area contributed by atoms with E-state index in [1.54, 1.807) is 13.2 Å². The standard InChI is InChI=1S/C21H14N4O3/c1-28-17-5-2-4-15(10-17)24-9-3-6-20(24)21-14(12-22)13-23-19-8-7-16(25(26)27)11-18(19)21/h2-11,13H,1H3. The zero-order valence-electron chi connectivity index (χ0n) is 14.9. The minimum atomic E-state index is -0.455. The van der Waals surface area contributed by atoms with Gasteiger partial charge in [-0.25, -0.2) is 0 Å². The van der Waals surface area contributed by atoms with Crippen LogP contribution in [0.5, 0.6) is 5.75 Å². The SMILES string of the molecule is COc1cccc(-n2cccc2-c2c(C#N)cnc3ccc([N+](=O)[O-])cc23)c1. The van der Waals surface area contributed by atoms with Gasteiger partial charge in [0.25, 0.3) is 5.69 Å². The topological polar surface area (TPSA) is 94.0 Å². The first kappa shape index (κ1) is 17.2. The van der Waals surface area contributed by atoms with E-state index in [0.29, 0.717) is 27.8 Å². The highest BCUT2D eigenvalue weighted by Gasteiger charge is 2.18. The van der Waals surface area contributed by atoms with Crippen LogP contribution in [0.4, 0.5) is 5.69 Å². The van der Waals surface area contributed by atoms with E-state index in [1.807, 2.05) is 47.2 Å². The molecule has 0 radical (unpaired) electrons. The Morgan fingerprint density at radius 1 is 1.18 bits per heavy atom. The van der Waals surface area contributed by atoms with Crippen molar-refractivity contribution in [1.29, 1.82) is 5.26 Å². The summed E-state index contributed by atoms with van der Waals surface area (Å²) in [5.41, 5.74) is 3.05. The summed E-state index contributed by atoms with van der Waals surface area (Å²) in [6.07, 6.45) is 3.36. The molecule has 0 aliphatic heterocycles. The summed E-state index contributed by atoms with van der Waals surface area (Å²) in [6.45, 7) is 0. The van der Waals surface area contributed by atoms with Crippen molar-refractivity contribution in [1.82, 2.24) is 9.55 Å². The molecule has 0 atom stereocenters. The molecule has 0 N–H and O–H groups in total. The average Bonchev–Trinajstić information content (AvgIpc) is 3.21. The molecule has 2 aromatic heterocycles. The Labute approximate surface area is 160 Å². The van der Waals surface area contributed by atoms with Gasteiger partial charge >= 0.3 is 0 Å². The molecule has 0 saturated carbocycles. The molecule has 28 heavy (non-hydrogen) atoms. The van der Waals surface area contributed by atoms with E-state index in [1.165, 1.54) is 18.3 Å². The number of aromatic nitrogens is 2. The molecule has 2 aromatic carbocycles. The predicted octanol–water partition coefficient (Wildman–Crippen LogP) is 4.48. The highest BCUT2D eigenvalue weighted by molar-refractivity contribution is 5.97. The van der Waals surface area contributed by atoms with Crippen LogP contribution in [0, 0.1) is 21.4 Å². The molecule has 7 nitrogen and oxygen atoms in total. The second kappa shape index (κ2) is 6.85. The van der Waals surface area contributed by atoms with Crippen LogP contribution in [0.3, 0.4) is 0 Å². The number of ether oxygens (including phenoxy) is 1. The van der Waals surface area contributed by atoms with E-state index in [-0.39, 0.29) is 5.69 Å². The van der Waals surface area contributed by atoms with Crippen LogP contribution in [-0.2, 0) is 0 Å². The summed E-state index contributed by atoms with van der Waals surface area (Å²) in [4.78, 5) is 15.1. The van der Waals surface area contributed by atoms with Crippen molar-refractivity contribution in [2.75, 3.05) is 7.11 Å². The molecule has 7 heteroatoms. The first-order valence-electron chi connectivity index (χ1n) is 8.42. The summed E-state index contributed by atoms with van der Waals surface area (Å²) < 4.78 is 7.22. The number of pyridine rings is 1. The molecular formula is C21H14N4O3. The molecule has 0 amide bonds. The van der Waals surface area contributed by atoms with Gasteiger partial charge < -0.3 is 9.30 Å². The number of fused-ring (bicyclic) bond motifs is 1. The third-order valence-corrected chi connectivity index (χ3v) is 4.52. The Hall–Kier alpha value is -4.18. The quantitative estimate of drug-likeness (QED) is 0.390. The Morgan fingerprint density at radius 2 is 2.04 bits per heavy atom. The second-order valence-electron chi connectivity index (χ2n) is 6.08. The Balaban J connectivity index is 2.02. The van der Waals surface area contributed by atoms with E-state index < -0.39 is 4.92 Å². The molecule has 0 spiro atoms. The molecule has 0 bridgehead atoms. The van der Waals surface area contributed by atoms with E-state index in [9.17, 15) is 15.4 Å². The summed E-state index contributed by atoms with van der Waals surface area (Å²) in [5, 5.41) is 21.5. The van der Waals surface area contributed by atoms with Gasteiger partial charge in [-0.3, -0.25) is 15.1 Å². The summed E-state index contributed by atoms with van der Waals surface area (Å²) in [5.74, 6) is 0.702. The van der Waals surface area contributed by atoms with Crippen LogP contribution in [0.25, 0.3) is 27.8 Å². The Kier molecular flexibility index (Phi) is 4.22. The average molecular weight is 370 g/mol. The number of benzene rings is 2. The fraction of sp³-hybridized carbons (Fsp3) is 0.0476. The lowest BCUT2D eigenvalue weighted by Gasteiger charge is -2.13. The van der Waals surface area contributed by atoms with Gasteiger partial charge in [0.2, 0.25) is 0 Å². The number of nitrogens with zero attached hydrogens (tertiary/aromatic N) is 4. The van der Waals surface area contributed by atoms with Crippen LogP contribution < -0.4 is 4.74 Å². The molecule has 0 saturated heterocycles. The highest BCUT2D eigenvalue weighted by atomic mass is 16.6. The largest absolute Gasteiger partial charge is 0.497 e. The third-order valence-electron chi connectivity index (χ3n) is 4.52. The maximum Gasteiger partial charge on any atom is 0.270 e. The molecular weight excluding hydrogens is 356 g/mol. The van der Waals surface area contributed by atoms with Gasteiger partial charge in [-0.15, -0.1) is 0 Å². The molecule has 4 aromatic rings. The van der Waals surface area contributed by atoms with Crippen molar-refractivity contribution in [3.8, 4) is 28.8 Å². The lowest BCUT2D eigenvalue weighted by Crippen LogP contribution is -1.99. The van der Waals surface area contributed by atoms with Crippen LogP contribution >= 0.6 is 0 Å². The lowest BCUT2D eigenvalue weighted by atomic mass is 10.0. The predicted molar refractivity (Wildman–Crippen MR) is 104 cm³/mol. The van der Waals surface area contributed by atoms with Crippen molar-refractivity contribution >= 4 is 16.6 Å². The van der Waals surface area contributed by atoms with Crippen LogP contribution in [0.1, 0.15) is 5.56 Å². The van der Waals surface area contributed by atoms with Gasteiger partial charge in [-0.2, -0.15) is 5.26 Å². The van der Waals surface area contributed by atoms with E-state index in [4.69, 9.17) is 4.74 Å². The maximum absolute atomic E-state index is 11.3. The second-order valence-corrected chi connectivity index (χ2v) is 6.08. The number of nitro benzene ring substituents is 1. The van der Waals surface area contributed by atoms with Gasteiger partial charge in [-0.05, 0) is 30.3 Å². The zero-order valence-corrected chi connectivity index (χ0v) is 14.9. The number of hydrogen-bond acceptors (Lipinski definition) is 5. The minimum absolute atomic E-state index is 0.0508. The fourth-order valence-electron chi connectivity index (χ4n) is 3.22. The van der Waals surface area contributed by atoms with Gasteiger partial charge in [0.15, 0.2) is 0 Å². The molecule has 2 heterocycles. The number of non-ortho nitro benzene ring substituents is 1. The summed E-state index contributed by atoms with van der Waals surface area (Å²) >= 11 is 0. The van der Waals surface area contributed by atoms with Gasteiger partial charge in [-0.1, -0.05) is 6.07 Å². The number of nitriles is 1. The molecule has 136 valence electrons. The lowest BCUT2D eigenvalue weighted by molar-refractivity contribution is -0.384. The van der Waals surface area contributed by atoms with Gasteiger partial charge in [0, 0.05) is 47.2 Å². The van der Waals surface area contributed by atoms with Crippen molar-refractivity contribution < 1.29 is 9.66 Å². The van der Waals surface area contributed by atoms with Crippen molar-refractivity contribution in [3.05, 3.63) is 82.7 Å². The van der Waals surface area contributed by atoms with Gasteiger partial charge in [0.1, 0.15) is 11.8 Å². The van der Waals surface area contributed by atoms with Crippen LogP contribution in [0.15, 0.2) is 67.0 Å². The molecule has 0 aliphatic carbocycles.